The van der Waals surface area contributed by atoms with Gasteiger partial charge in [0.2, 0.25) is 0 Å². The second-order valence-corrected chi connectivity index (χ2v) is 7.87. The number of nitro benzene ring substituents is 3. The van der Waals surface area contributed by atoms with Crippen LogP contribution in [0, 0.1) is 30.3 Å². The third-order valence-corrected chi connectivity index (χ3v) is 5.37. The molecule has 1 aliphatic heterocycles. The maximum atomic E-state index is 11.1. The van der Waals surface area contributed by atoms with E-state index in [1.165, 1.54) is 0 Å². The zero-order valence-corrected chi connectivity index (χ0v) is 19.9. The Morgan fingerprint density at radius 3 is 1.56 bits per heavy atom. The van der Waals surface area contributed by atoms with Crippen LogP contribution in [0.25, 0.3) is 0 Å². The summed E-state index contributed by atoms with van der Waals surface area (Å²) in [5.74, 6) is -0.515. The minimum Gasteiger partial charge on any atom is -0.863 e. The van der Waals surface area contributed by atoms with Gasteiger partial charge < -0.3 is 5.11 Å². The van der Waals surface area contributed by atoms with E-state index in [9.17, 15) is 35.4 Å². The number of benzene rings is 4. The molecule has 0 unspecified atom stereocenters. The van der Waals surface area contributed by atoms with Gasteiger partial charge in [0.1, 0.15) is 5.69 Å². The Morgan fingerprint density at radius 2 is 1.10 bits per heavy atom. The minimum atomic E-state index is -1.46. The van der Waals surface area contributed by atoms with Crippen LogP contribution < -0.4 is 20.8 Å². The van der Waals surface area contributed by atoms with Gasteiger partial charge in [-0.2, -0.15) is 5.43 Å². The summed E-state index contributed by atoms with van der Waals surface area (Å²) in [6.45, 7) is 0. The van der Waals surface area contributed by atoms with Crippen molar-refractivity contribution in [2.45, 2.75) is 0 Å². The van der Waals surface area contributed by atoms with Gasteiger partial charge >= 0.3 is 0 Å². The van der Waals surface area contributed by atoms with E-state index >= 15 is 0 Å². The summed E-state index contributed by atoms with van der Waals surface area (Å²) in [5.41, 5.74) is 2.01. The molecule has 0 aliphatic carbocycles. The zero-order valence-electron chi connectivity index (χ0n) is 19.9. The summed E-state index contributed by atoms with van der Waals surface area (Å²) in [6.07, 6.45) is 0. The van der Waals surface area contributed by atoms with Gasteiger partial charge in [0, 0.05) is 0 Å². The molecule has 0 saturated carbocycles. The molecule has 0 bridgehead atoms. The Balaban J connectivity index is 0.000000195. The molecule has 4 aromatic carbocycles. The van der Waals surface area contributed by atoms with Crippen molar-refractivity contribution < 1.29 is 25.3 Å². The summed E-state index contributed by atoms with van der Waals surface area (Å²) < 4.78 is 0. The van der Waals surface area contributed by atoms with Crippen LogP contribution in [-0.4, -0.2) is 20.6 Å². The molecule has 0 fully saturated rings. The number of hydrogen-bond donors (Lipinski definition) is 1. The van der Waals surface area contributed by atoms with E-state index in [0.717, 1.165) is 22.8 Å². The lowest BCUT2D eigenvalue weighted by Crippen LogP contribution is -2.96. The molecule has 0 saturated heterocycles. The number of hydrazine groups is 1. The van der Waals surface area contributed by atoms with Crippen molar-refractivity contribution in [2.24, 2.45) is 5.10 Å². The Hall–Kier alpha value is -5.89. The molecule has 1 heterocycles. The lowest BCUT2D eigenvalue weighted by molar-refractivity contribution is -0.545. The van der Waals surface area contributed by atoms with E-state index in [1.807, 2.05) is 59.7 Å². The maximum absolute atomic E-state index is 11.1. The molecule has 5 rings (SSSR count). The Morgan fingerprint density at radius 1 is 0.641 bits per heavy atom. The summed E-state index contributed by atoms with van der Waals surface area (Å²) in [4.78, 5) is 27.5. The van der Waals surface area contributed by atoms with Crippen molar-refractivity contribution >= 4 is 34.3 Å². The van der Waals surface area contributed by atoms with E-state index in [1.54, 1.807) is 0 Å². The molecule has 1 aliphatic rings. The molecule has 39 heavy (non-hydrogen) atoms. The number of anilines is 2. The smallest absolute Gasteiger partial charge is 0.283 e. The molecular formula is C25H19N7O7. The van der Waals surface area contributed by atoms with E-state index in [4.69, 9.17) is 5.10 Å². The number of non-ortho nitro benzene ring substituents is 1. The highest BCUT2D eigenvalue weighted by molar-refractivity contribution is 5.93. The number of rotatable bonds is 6. The van der Waals surface area contributed by atoms with E-state index in [-0.39, 0.29) is 0 Å². The van der Waals surface area contributed by atoms with Crippen LogP contribution in [0.5, 0.6) is 5.75 Å². The lowest BCUT2D eigenvalue weighted by atomic mass is 10.2. The van der Waals surface area contributed by atoms with Crippen molar-refractivity contribution in [3.63, 3.8) is 0 Å². The molecule has 14 nitrogen and oxygen atoms in total. The van der Waals surface area contributed by atoms with E-state index in [2.05, 4.69) is 46.9 Å². The van der Waals surface area contributed by atoms with Crippen LogP contribution in [0.4, 0.5) is 28.4 Å². The highest BCUT2D eigenvalue weighted by Crippen LogP contribution is 2.36. The van der Waals surface area contributed by atoms with Gasteiger partial charge in [-0.05, 0) is 36.4 Å². The van der Waals surface area contributed by atoms with Gasteiger partial charge in [-0.25, -0.2) is 0 Å². The van der Waals surface area contributed by atoms with Crippen LogP contribution >= 0.6 is 0 Å². The molecule has 2 N–H and O–H groups in total. The highest BCUT2D eigenvalue weighted by Gasteiger charge is 2.31. The van der Waals surface area contributed by atoms with Crippen molar-refractivity contribution in [1.29, 1.82) is 0 Å². The summed E-state index contributed by atoms with van der Waals surface area (Å²) in [7, 11) is 0. The first-order chi connectivity index (χ1) is 18.8. The van der Waals surface area contributed by atoms with Crippen LogP contribution in [0.3, 0.4) is 0 Å². The van der Waals surface area contributed by atoms with Gasteiger partial charge in [0.25, 0.3) is 22.9 Å². The number of nitrogens with zero attached hydrogens (tertiary/aromatic N) is 6. The molecule has 0 atom stereocenters. The number of hydrazone groups is 1. The number of hydrogen-bond acceptors (Lipinski definition) is 10. The van der Waals surface area contributed by atoms with E-state index in [0.29, 0.717) is 12.1 Å². The first-order valence-corrected chi connectivity index (χ1v) is 11.2. The molecule has 0 aromatic heterocycles. The van der Waals surface area contributed by atoms with Crippen LogP contribution in [-0.2, 0) is 0 Å². The fourth-order valence-electron chi connectivity index (χ4n) is 3.56. The van der Waals surface area contributed by atoms with Crippen LogP contribution in [0.2, 0.25) is 0 Å². The average molecular weight is 529 g/mol. The molecule has 14 heteroatoms. The zero-order chi connectivity index (χ0) is 27.9. The number of nitro groups is 3. The molecule has 4 aromatic rings. The number of quaternary nitrogens is 1. The number of para-hydroxylation sites is 2. The standard InChI is InChI=1S/C19H16N4.C6H3N3O7/c1-4-10-16(11-5-1)19-20-22(17-12-6-2-7-13-17)23(21-19)18-14-8-3-9-15-18;10-6-4(8(13)14)1-3(7(11)12)2-5(6)9(15)16/h1-15H,(H,20,21);1-2,10H. The van der Waals surface area contributed by atoms with Crippen molar-refractivity contribution in [1.82, 2.24) is 0 Å². The quantitative estimate of drug-likeness (QED) is 0.222. The second kappa shape index (κ2) is 11.4. The molecule has 0 amide bonds. The first kappa shape index (κ1) is 26.2. The van der Waals surface area contributed by atoms with Crippen molar-refractivity contribution in [2.75, 3.05) is 10.2 Å². The van der Waals surface area contributed by atoms with Gasteiger partial charge in [-0.3, -0.25) is 30.3 Å². The van der Waals surface area contributed by atoms with Crippen molar-refractivity contribution in [3.05, 3.63) is 139 Å². The largest absolute Gasteiger partial charge is 0.863 e. The summed E-state index contributed by atoms with van der Waals surface area (Å²) in [6, 6.07) is 31.4. The second-order valence-electron chi connectivity index (χ2n) is 7.87. The van der Waals surface area contributed by atoms with Gasteiger partial charge in [-0.1, -0.05) is 59.7 Å². The SMILES string of the molecule is O=[N+]([O-])c1cc([N+](=O)[O-])c([O-])c([N+](=O)[O-])c1.c1ccc(C2=NN(c3ccccc3)N(c3ccccc3)[NH2+]2)cc1. The fraction of sp³-hybridized carbons (Fsp3) is 0. The first-order valence-electron chi connectivity index (χ1n) is 11.2. The Kier molecular flexibility index (Phi) is 7.68. The summed E-state index contributed by atoms with van der Waals surface area (Å²) >= 11 is 0. The van der Waals surface area contributed by atoms with Gasteiger partial charge in [0.05, 0.1) is 43.9 Å². The van der Waals surface area contributed by atoms with Crippen molar-refractivity contribution in [3.8, 4) is 5.75 Å². The minimum absolute atomic E-state index is 0.384. The predicted octanol–water partition coefficient (Wildman–Crippen LogP) is 3.25. The fourth-order valence-corrected chi connectivity index (χ4v) is 3.56. The predicted molar refractivity (Wildman–Crippen MR) is 139 cm³/mol. The van der Waals surface area contributed by atoms with Gasteiger partial charge in [0.15, 0.2) is 0 Å². The molecule has 0 radical (unpaired) electrons. The van der Waals surface area contributed by atoms with E-state index < -0.39 is 37.6 Å². The highest BCUT2D eigenvalue weighted by atomic mass is 16.6. The number of amidine groups is 1. The number of nitrogens with two attached hydrogens (primary N) is 1. The average Bonchev–Trinajstić information content (AvgIpc) is 3.40. The topological polar surface area (TPSA) is 188 Å². The third kappa shape index (κ3) is 5.92. The lowest BCUT2D eigenvalue weighted by Gasteiger charge is -2.23. The normalized spacial score (nSPS) is 12.3. The molecular weight excluding hydrogens is 510 g/mol. The Labute approximate surface area is 220 Å². The molecule has 196 valence electrons. The molecule has 0 spiro atoms. The Bertz CT molecular complexity index is 1500. The van der Waals surface area contributed by atoms with Crippen LogP contribution in [0.1, 0.15) is 5.56 Å². The maximum Gasteiger partial charge on any atom is 0.283 e. The van der Waals surface area contributed by atoms with Gasteiger partial charge in [-0.15, -0.1) is 10.2 Å². The monoisotopic (exact) mass is 529 g/mol. The summed E-state index contributed by atoms with van der Waals surface area (Å²) in [5, 5.41) is 50.9. The van der Waals surface area contributed by atoms with Crippen LogP contribution in [0.15, 0.2) is 108 Å². The third-order valence-electron chi connectivity index (χ3n) is 5.37.